The average Bonchev–Trinajstić information content (AvgIpc) is 3.18. The average molecular weight is 316 g/mol. The molecule has 1 aromatic carbocycles. The van der Waals surface area contributed by atoms with Crippen molar-refractivity contribution in [3.63, 3.8) is 0 Å². The van der Waals surface area contributed by atoms with Crippen molar-refractivity contribution >= 4 is 22.2 Å². The molecule has 1 fully saturated rings. The van der Waals surface area contributed by atoms with Gasteiger partial charge in [-0.1, -0.05) is 25.0 Å². The van der Waals surface area contributed by atoms with Gasteiger partial charge in [-0.15, -0.1) is 11.3 Å². The van der Waals surface area contributed by atoms with Crippen molar-refractivity contribution in [2.24, 2.45) is 0 Å². The minimum Gasteiger partial charge on any atom is -0.497 e. The molecule has 4 nitrogen and oxygen atoms in total. The van der Waals surface area contributed by atoms with Gasteiger partial charge in [0.2, 0.25) is 5.91 Å². The topological polar surface area (TPSA) is 51.2 Å². The van der Waals surface area contributed by atoms with Gasteiger partial charge in [0, 0.05) is 0 Å². The van der Waals surface area contributed by atoms with Crippen LogP contribution in [0.1, 0.15) is 36.9 Å². The molecule has 5 heteroatoms. The van der Waals surface area contributed by atoms with Gasteiger partial charge in [0.15, 0.2) is 0 Å². The minimum atomic E-state index is -0.428. The maximum Gasteiger partial charge on any atom is 0.235 e. The number of rotatable bonds is 4. The molecule has 1 aliphatic carbocycles. The second kappa shape index (κ2) is 6.08. The van der Waals surface area contributed by atoms with Crippen LogP contribution in [0.15, 0.2) is 29.8 Å². The Kier molecular flexibility index (Phi) is 4.16. The van der Waals surface area contributed by atoms with E-state index < -0.39 is 5.41 Å². The van der Waals surface area contributed by atoms with Gasteiger partial charge in [0.05, 0.1) is 23.7 Å². The van der Waals surface area contributed by atoms with Gasteiger partial charge in [-0.2, -0.15) is 0 Å². The Bertz CT molecular complexity index is 658. The fourth-order valence-corrected chi connectivity index (χ4v) is 3.87. The predicted molar refractivity (Wildman–Crippen MR) is 88.6 cm³/mol. The number of nitrogens with zero attached hydrogens (tertiary/aromatic N) is 1. The molecule has 0 aliphatic heterocycles. The number of carbonyl (C=O) groups is 1. The monoisotopic (exact) mass is 316 g/mol. The highest BCUT2D eigenvalue weighted by atomic mass is 32.1. The fourth-order valence-electron chi connectivity index (χ4n) is 3.18. The van der Waals surface area contributed by atoms with Gasteiger partial charge in [-0.3, -0.25) is 4.79 Å². The zero-order valence-corrected chi connectivity index (χ0v) is 13.7. The normalized spacial score (nSPS) is 16.5. The molecule has 0 spiro atoms. The van der Waals surface area contributed by atoms with Crippen LogP contribution in [0.25, 0.3) is 0 Å². The first-order chi connectivity index (χ1) is 10.7. The number of amides is 1. The van der Waals surface area contributed by atoms with Gasteiger partial charge >= 0.3 is 0 Å². The van der Waals surface area contributed by atoms with Gasteiger partial charge in [0.25, 0.3) is 0 Å². The van der Waals surface area contributed by atoms with E-state index in [1.165, 1.54) is 11.3 Å². The minimum absolute atomic E-state index is 0.0857. The number of thiazole rings is 1. The Morgan fingerprint density at radius 3 is 2.50 bits per heavy atom. The van der Waals surface area contributed by atoms with Crippen LogP contribution >= 0.6 is 11.3 Å². The van der Waals surface area contributed by atoms with Crippen molar-refractivity contribution in [2.75, 3.05) is 12.4 Å². The Morgan fingerprint density at radius 1 is 1.27 bits per heavy atom. The second-order valence-corrected chi connectivity index (χ2v) is 6.59. The van der Waals surface area contributed by atoms with Crippen LogP contribution in [-0.4, -0.2) is 18.0 Å². The van der Waals surface area contributed by atoms with Crippen LogP contribution in [0.4, 0.5) is 5.00 Å². The fraction of sp³-hybridized carbons (Fsp3) is 0.412. The molecule has 1 N–H and O–H groups in total. The van der Waals surface area contributed by atoms with Crippen molar-refractivity contribution in [1.82, 2.24) is 4.98 Å². The zero-order chi connectivity index (χ0) is 15.6. The second-order valence-electron chi connectivity index (χ2n) is 5.74. The molecule has 0 saturated heterocycles. The van der Waals surface area contributed by atoms with Crippen molar-refractivity contribution in [1.29, 1.82) is 0 Å². The number of aryl methyl sites for hydroxylation is 1. The highest BCUT2D eigenvalue weighted by Crippen LogP contribution is 2.42. The van der Waals surface area contributed by atoms with Crippen molar-refractivity contribution in [2.45, 2.75) is 38.0 Å². The molecule has 0 bridgehead atoms. The van der Waals surface area contributed by atoms with E-state index in [1.54, 1.807) is 12.6 Å². The zero-order valence-electron chi connectivity index (χ0n) is 12.9. The van der Waals surface area contributed by atoms with Gasteiger partial charge < -0.3 is 10.1 Å². The van der Waals surface area contributed by atoms with Crippen molar-refractivity contribution in [3.8, 4) is 5.75 Å². The first-order valence-electron chi connectivity index (χ1n) is 7.52. The van der Waals surface area contributed by atoms with Crippen molar-refractivity contribution < 1.29 is 9.53 Å². The van der Waals surface area contributed by atoms with E-state index in [2.05, 4.69) is 10.3 Å². The lowest BCUT2D eigenvalue weighted by molar-refractivity contribution is -0.121. The molecule has 0 unspecified atom stereocenters. The van der Waals surface area contributed by atoms with E-state index in [-0.39, 0.29) is 5.91 Å². The standard InChI is InChI=1S/C17H20N2O2S/c1-12-15(22-11-18-12)19-16(20)17(9-3-4-10-17)13-5-7-14(21-2)8-6-13/h5-8,11H,3-4,9-10H2,1-2H3,(H,19,20). The lowest BCUT2D eigenvalue weighted by Gasteiger charge is -2.28. The smallest absolute Gasteiger partial charge is 0.235 e. The molecule has 1 saturated carbocycles. The summed E-state index contributed by atoms with van der Waals surface area (Å²) in [7, 11) is 1.65. The Morgan fingerprint density at radius 2 is 1.95 bits per heavy atom. The first kappa shape index (κ1) is 15.0. The third kappa shape index (κ3) is 2.61. The van der Waals surface area contributed by atoms with Gasteiger partial charge in [-0.25, -0.2) is 4.98 Å². The summed E-state index contributed by atoms with van der Waals surface area (Å²) in [6.07, 6.45) is 3.95. The van der Waals surface area contributed by atoms with E-state index in [4.69, 9.17) is 4.74 Å². The number of ether oxygens (including phenoxy) is 1. The largest absolute Gasteiger partial charge is 0.497 e. The van der Waals surface area contributed by atoms with Crippen LogP contribution < -0.4 is 10.1 Å². The van der Waals surface area contributed by atoms with Crippen molar-refractivity contribution in [3.05, 3.63) is 41.0 Å². The molecule has 3 rings (SSSR count). The van der Waals surface area contributed by atoms with Crippen LogP contribution in [0.2, 0.25) is 0 Å². The van der Waals surface area contributed by atoms with Gasteiger partial charge in [0.1, 0.15) is 10.8 Å². The number of anilines is 1. The molecule has 0 atom stereocenters. The lowest BCUT2D eigenvalue weighted by Crippen LogP contribution is -2.37. The van der Waals surface area contributed by atoms with Crippen LogP contribution in [0, 0.1) is 6.92 Å². The summed E-state index contributed by atoms with van der Waals surface area (Å²) in [6.45, 7) is 1.92. The third-order valence-corrected chi connectivity index (χ3v) is 5.35. The molecule has 22 heavy (non-hydrogen) atoms. The van der Waals surface area contributed by atoms with Crippen LogP contribution in [0.3, 0.4) is 0 Å². The quantitative estimate of drug-likeness (QED) is 0.930. The highest BCUT2D eigenvalue weighted by Gasteiger charge is 2.42. The summed E-state index contributed by atoms with van der Waals surface area (Å²) < 4.78 is 5.22. The maximum atomic E-state index is 13.0. The number of hydrogen-bond acceptors (Lipinski definition) is 4. The number of hydrogen-bond donors (Lipinski definition) is 1. The molecule has 1 aliphatic rings. The lowest BCUT2D eigenvalue weighted by atomic mass is 9.78. The predicted octanol–water partition coefficient (Wildman–Crippen LogP) is 3.91. The summed E-state index contributed by atoms with van der Waals surface area (Å²) in [6, 6.07) is 7.90. The number of nitrogens with one attached hydrogen (secondary N) is 1. The molecule has 116 valence electrons. The molecule has 0 radical (unpaired) electrons. The Hall–Kier alpha value is -1.88. The van der Waals surface area contributed by atoms with Crippen LogP contribution in [0.5, 0.6) is 5.75 Å². The highest BCUT2D eigenvalue weighted by molar-refractivity contribution is 7.14. The summed E-state index contributed by atoms with van der Waals surface area (Å²) in [5.41, 5.74) is 3.29. The Balaban J connectivity index is 1.90. The van der Waals surface area contributed by atoms with Crippen LogP contribution in [-0.2, 0) is 10.2 Å². The first-order valence-corrected chi connectivity index (χ1v) is 8.40. The van der Waals surface area contributed by atoms with E-state index in [1.807, 2.05) is 31.2 Å². The summed E-state index contributed by atoms with van der Waals surface area (Å²) in [5.74, 6) is 0.901. The van der Waals surface area contributed by atoms with E-state index >= 15 is 0 Å². The summed E-state index contributed by atoms with van der Waals surface area (Å²) >= 11 is 1.47. The van der Waals surface area contributed by atoms with E-state index in [0.717, 1.165) is 47.7 Å². The van der Waals surface area contributed by atoms with E-state index in [9.17, 15) is 4.79 Å². The van der Waals surface area contributed by atoms with Gasteiger partial charge in [-0.05, 0) is 37.5 Å². The number of aromatic nitrogens is 1. The third-order valence-electron chi connectivity index (χ3n) is 4.51. The molecule has 1 heterocycles. The molecular formula is C17H20N2O2S. The summed E-state index contributed by atoms with van der Waals surface area (Å²) in [4.78, 5) is 17.2. The Labute approximate surface area is 134 Å². The van der Waals surface area contributed by atoms with E-state index in [0.29, 0.717) is 0 Å². The molecular weight excluding hydrogens is 296 g/mol. The molecule has 1 amide bonds. The molecule has 2 aromatic rings. The SMILES string of the molecule is COc1ccc(C2(C(=O)Nc3scnc3C)CCCC2)cc1. The number of carbonyl (C=O) groups excluding carboxylic acids is 1. The maximum absolute atomic E-state index is 13.0. The summed E-state index contributed by atoms with van der Waals surface area (Å²) in [5, 5.41) is 3.94. The number of benzene rings is 1. The molecule has 1 aromatic heterocycles. The number of methoxy groups -OCH3 is 1.